The Bertz CT molecular complexity index is 432. The largest absolute Gasteiger partial charge is 0.379 e. The lowest BCUT2D eigenvalue weighted by molar-refractivity contribution is 0.0327. The molecular formula is C15H21ClN2O. The number of hydrogen-bond acceptors (Lipinski definition) is 3. The Balaban J connectivity index is 1.55. The standard InChI is InChI=1S/C15H21ClN2O/c16-15-3-1-2-13-4-5-18(12-14(13)15)7-6-17-8-10-19-11-9-17/h1-3H,4-12H2. The molecule has 0 atom stereocenters. The number of morpholine rings is 1. The highest BCUT2D eigenvalue weighted by Crippen LogP contribution is 2.25. The summed E-state index contributed by atoms with van der Waals surface area (Å²) < 4.78 is 5.38. The minimum Gasteiger partial charge on any atom is -0.379 e. The first-order chi connectivity index (χ1) is 9.33. The number of ether oxygens (including phenoxy) is 1. The molecule has 0 amide bonds. The normalized spacial score (nSPS) is 21.3. The molecule has 2 heterocycles. The van der Waals surface area contributed by atoms with Gasteiger partial charge < -0.3 is 4.74 Å². The van der Waals surface area contributed by atoms with Crippen LogP contribution in [0.2, 0.25) is 5.02 Å². The third-order valence-corrected chi connectivity index (χ3v) is 4.49. The Kier molecular flexibility index (Phi) is 4.38. The molecule has 0 spiro atoms. The molecule has 3 rings (SSSR count). The summed E-state index contributed by atoms with van der Waals surface area (Å²) in [6, 6.07) is 6.27. The third-order valence-electron chi connectivity index (χ3n) is 4.13. The third kappa shape index (κ3) is 3.29. The molecule has 1 saturated heterocycles. The second kappa shape index (κ2) is 6.23. The molecule has 0 unspecified atom stereocenters. The van der Waals surface area contributed by atoms with Crippen molar-refractivity contribution in [2.24, 2.45) is 0 Å². The number of hydrogen-bond donors (Lipinski definition) is 0. The number of halogens is 1. The summed E-state index contributed by atoms with van der Waals surface area (Å²) in [5.74, 6) is 0. The maximum Gasteiger partial charge on any atom is 0.0594 e. The highest BCUT2D eigenvalue weighted by molar-refractivity contribution is 6.31. The lowest BCUT2D eigenvalue weighted by Gasteiger charge is -2.33. The average molecular weight is 281 g/mol. The molecule has 0 aliphatic carbocycles. The van der Waals surface area contributed by atoms with Crippen molar-refractivity contribution in [1.82, 2.24) is 9.80 Å². The van der Waals surface area contributed by atoms with Gasteiger partial charge in [0.05, 0.1) is 13.2 Å². The highest BCUT2D eigenvalue weighted by Gasteiger charge is 2.19. The summed E-state index contributed by atoms with van der Waals surface area (Å²) in [4.78, 5) is 5.01. The van der Waals surface area contributed by atoms with Crippen LogP contribution in [0.3, 0.4) is 0 Å². The number of nitrogens with zero attached hydrogens (tertiary/aromatic N) is 2. The monoisotopic (exact) mass is 280 g/mol. The number of fused-ring (bicyclic) bond motifs is 1. The summed E-state index contributed by atoms with van der Waals surface area (Å²) in [5.41, 5.74) is 2.76. The van der Waals surface area contributed by atoms with Crippen LogP contribution in [0.1, 0.15) is 11.1 Å². The van der Waals surface area contributed by atoms with Crippen LogP contribution in [-0.2, 0) is 17.7 Å². The lowest BCUT2D eigenvalue weighted by atomic mass is 10.00. The van der Waals surface area contributed by atoms with Crippen molar-refractivity contribution in [3.05, 3.63) is 34.3 Å². The second-order valence-corrected chi connectivity index (χ2v) is 5.76. The van der Waals surface area contributed by atoms with Crippen molar-refractivity contribution in [3.63, 3.8) is 0 Å². The van der Waals surface area contributed by atoms with Gasteiger partial charge in [-0.3, -0.25) is 9.80 Å². The first kappa shape index (κ1) is 13.4. The maximum atomic E-state index is 6.30. The minimum absolute atomic E-state index is 0.884. The van der Waals surface area contributed by atoms with Gasteiger partial charge in [-0.05, 0) is 23.6 Å². The minimum atomic E-state index is 0.884. The number of benzene rings is 1. The van der Waals surface area contributed by atoms with Crippen molar-refractivity contribution in [2.75, 3.05) is 45.9 Å². The van der Waals surface area contributed by atoms with Crippen molar-refractivity contribution >= 4 is 11.6 Å². The molecule has 4 heteroatoms. The molecule has 2 aliphatic heterocycles. The lowest BCUT2D eigenvalue weighted by Crippen LogP contribution is -2.42. The Morgan fingerprint density at radius 3 is 2.68 bits per heavy atom. The van der Waals surface area contributed by atoms with Crippen LogP contribution >= 0.6 is 11.6 Å². The predicted molar refractivity (Wildman–Crippen MR) is 77.7 cm³/mol. The quantitative estimate of drug-likeness (QED) is 0.843. The first-order valence-electron chi connectivity index (χ1n) is 7.11. The van der Waals surface area contributed by atoms with E-state index >= 15 is 0 Å². The smallest absolute Gasteiger partial charge is 0.0594 e. The molecule has 0 N–H and O–H groups in total. The molecule has 1 fully saturated rings. The molecule has 2 aliphatic rings. The van der Waals surface area contributed by atoms with Crippen molar-refractivity contribution in [3.8, 4) is 0 Å². The Labute approximate surface area is 120 Å². The van der Waals surface area contributed by atoms with Gasteiger partial charge in [0.25, 0.3) is 0 Å². The van der Waals surface area contributed by atoms with E-state index in [2.05, 4.69) is 21.9 Å². The zero-order valence-electron chi connectivity index (χ0n) is 11.3. The molecular weight excluding hydrogens is 260 g/mol. The second-order valence-electron chi connectivity index (χ2n) is 5.36. The fraction of sp³-hybridized carbons (Fsp3) is 0.600. The van der Waals surface area contributed by atoms with Crippen LogP contribution in [0, 0.1) is 0 Å². The van der Waals surface area contributed by atoms with E-state index in [1.54, 1.807) is 0 Å². The average Bonchev–Trinajstić information content (AvgIpc) is 2.47. The van der Waals surface area contributed by atoms with E-state index < -0.39 is 0 Å². The van der Waals surface area contributed by atoms with E-state index in [0.717, 1.165) is 63.9 Å². The molecule has 0 radical (unpaired) electrons. The molecule has 3 nitrogen and oxygen atoms in total. The summed E-state index contributed by atoms with van der Waals surface area (Å²) in [5, 5.41) is 0.925. The van der Waals surface area contributed by atoms with Gasteiger partial charge in [0, 0.05) is 44.3 Å². The summed E-state index contributed by atoms with van der Waals surface area (Å²) in [7, 11) is 0. The first-order valence-corrected chi connectivity index (χ1v) is 7.49. The molecule has 0 saturated carbocycles. The molecule has 104 valence electrons. The van der Waals surface area contributed by atoms with Gasteiger partial charge in [-0.2, -0.15) is 0 Å². The van der Waals surface area contributed by atoms with E-state index in [9.17, 15) is 0 Å². The van der Waals surface area contributed by atoms with Crippen molar-refractivity contribution in [2.45, 2.75) is 13.0 Å². The van der Waals surface area contributed by atoms with Gasteiger partial charge >= 0.3 is 0 Å². The Morgan fingerprint density at radius 2 is 1.84 bits per heavy atom. The Morgan fingerprint density at radius 1 is 1.05 bits per heavy atom. The van der Waals surface area contributed by atoms with Gasteiger partial charge in [-0.25, -0.2) is 0 Å². The predicted octanol–water partition coefficient (Wildman–Crippen LogP) is 2.03. The maximum absolute atomic E-state index is 6.30. The van der Waals surface area contributed by atoms with Crippen LogP contribution in [0.5, 0.6) is 0 Å². The molecule has 19 heavy (non-hydrogen) atoms. The fourth-order valence-corrected chi connectivity index (χ4v) is 3.15. The van der Waals surface area contributed by atoms with Crippen LogP contribution < -0.4 is 0 Å². The molecule has 0 bridgehead atoms. The van der Waals surface area contributed by atoms with E-state index in [4.69, 9.17) is 16.3 Å². The highest BCUT2D eigenvalue weighted by atomic mass is 35.5. The van der Waals surface area contributed by atoms with Crippen LogP contribution in [0.25, 0.3) is 0 Å². The topological polar surface area (TPSA) is 15.7 Å². The zero-order valence-corrected chi connectivity index (χ0v) is 12.0. The summed E-state index contributed by atoms with van der Waals surface area (Å²) >= 11 is 6.30. The van der Waals surface area contributed by atoms with Crippen LogP contribution in [0.4, 0.5) is 0 Å². The summed E-state index contributed by atoms with van der Waals surface area (Å²) in [6.45, 7) is 8.34. The Hall–Kier alpha value is -0.610. The van der Waals surface area contributed by atoms with E-state index in [1.165, 1.54) is 11.1 Å². The van der Waals surface area contributed by atoms with Crippen molar-refractivity contribution < 1.29 is 4.74 Å². The van der Waals surface area contributed by atoms with Gasteiger partial charge in [-0.1, -0.05) is 23.7 Å². The fourth-order valence-electron chi connectivity index (χ4n) is 2.89. The molecule has 1 aromatic rings. The van der Waals surface area contributed by atoms with Crippen molar-refractivity contribution in [1.29, 1.82) is 0 Å². The van der Waals surface area contributed by atoms with Gasteiger partial charge in [-0.15, -0.1) is 0 Å². The van der Waals surface area contributed by atoms with Gasteiger partial charge in [0.2, 0.25) is 0 Å². The van der Waals surface area contributed by atoms with E-state index in [1.807, 2.05) is 6.07 Å². The van der Waals surface area contributed by atoms with Crippen LogP contribution in [0.15, 0.2) is 18.2 Å². The number of rotatable bonds is 3. The van der Waals surface area contributed by atoms with E-state index in [0.29, 0.717) is 0 Å². The summed E-state index contributed by atoms with van der Waals surface area (Å²) in [6.07, 6.45) is 1.12. The SMILES string of the molecule is Clc1cccc2c1CN(CCN1CCOCC1)CC2. The van der Waals surface area contributed by atoms with Gasteiger partial charge in [0.1, 0.15) is 0 Å². The molecule has 1 aromatic carbocycles. The van der Waals surface area contributed by atoms with E-state index in [-0.39, 0.29) is 0 Å². The van der Waals surface area contributed by atoms with Gasteiger partial charge in [0.15, 0.2) is 0 Å². The molecule has 0 aromatic heterocycles. The van der Waals surface area contributed by atoms with Crippen LogP contribution in [-0.4, -0.2) is 55.7 Å². The zero-order chi connectivity index (χ0) is 13.1.